The largest absolute Gasteiger partial charge is 0.362 e. The monoisotopic (exact) mass is 274 g/mol. The first-order chi connectivity index (χ1) is 10.4. The van der Waals surface area contributed by atoms with Crippen LogP contribution in [0.15, 0.2) is 91.7 Å². The lowest BCUT2D eigenvalue weighted by Gasteiger charge is -1.95. The Labute approximate surface area is 126 Å². The van der Waals surface area contributed by atoms with Gasteiger partial charge in [0.15, 0.2) is 0 Å². The molecule has 0 atom stereocenters. The summed E-state index contributed by atoms with van der Waals surface area (Å²) < 4.78 is 0. The van der Waals surface area contributed by atoms with E-state index in [1.54, 1.807) is 12.3 Å². The maximum absolute atomic E-state index is 8.19. The number of nitriles is 1. The first-order valence-corrected chi connectivity index (χ1v) is 6.57. The van der Waals surface area contributed by atoms with Gasteiger partial charge in [0.2, 0.25) is 0 Å². The van der Waals surface area contributed by atoms with E-state index < -0.39 is 0 Å². The van der Waals surface area contributed by atoms with Gasteiger partial charge >= 0.3 is 0 Å². The molecule has 0 saturated carbocycles. The molecule has 0 saturated heterocycles. The Hall–Kier alpha value is -3.05. The molecule has 0 unspecified atom stereocenters. The minimum absolute atomic E-state index is 1.08. The minimum atomic E-state index is 1.08. The molecule has 2 heteroatoms. The van der Waals surface area contributed by atoms with Crippen LogP contribution in [0.3, 0.4) is 0 Å². The van der Waals surface area contributed by atoms with E-state index >= 15 is 0 Å². The molecular weight excluding hydrogens is 256 g/mol. The lowest BCUT2D eigenvalue weighted by Crippen LogP contribution is -1.82. The molecule has 2 aromatic carbocycles. The third kappa shape index (κ3) is 7.86. The molecule has 1 N–H and O–H groups in total. The molecule has 0 aliphatic carbocycles. The molecule has 0 aliphatic heterocycles. The van der Waals surface area contributed by atoms with Crippen molar-refractivity contribution in [2.24, 2.45) is 0 Å². The summed E-state index contributed by atoms with van der Waals surface area (Å²) in [5.41, 5.74) is 2.22. The predicted molar refractivity (Wildman–Crippen MR) is 90.5 cm³/mol. The number of rotatable bonds is 4. The van der Waals surface area contributed by atoms with Gasteiger partial charge in [0.1, 0.15) is 0 Å². The second-order valence-electron chi connectivity index (χ2n) is 3.97. The van der Waals surface area contributed by atoms with Crippen LogP contribution in [0, 0.1) is 11.3 Å². The highest BCUT2D eigenvalue weighted by molar-refractivity contribution is 5.50. The molecule has 0 radical (unpaired) electrons. The summed E-state index contributed by atoms with van der Waals surface area (Å²) in [4.78, 5) is 0. The Morgan fingerprint density at radius 3 is 2.10 bits per heavy atom. The molecule has 0 amide bonds. The van der Waals surface area contributed by atoms with Crippen molar-refractivity contribution >= 4 is 11.8 Å². The van der Waals surface area contributed by atoms with Crippen LogP contribution in [0.2, 0.25) is 0 Å². The minimum Gasteiger partial charge on any atom is -0.362 e. The molecule has 0 spiro atoms. The molecule has 0 aliphatic rings. The Kier molecular flexibility index (Phi) is 8.26. The summed E-state index contributed by atoms with van der Waals surface area (Å²) in [6.45, 7) is 3.54. The molecule has 21 heavy (non-hydrogen) atoms. The Balaban J connectivity index is 0.000000219. The first kappa shape index (κ1) is 16.0. The van der Waals surface area contributed by atoms with Gasteiger partial charge in [-0.2, -0.15) is 5.26 Å². The quantitative estimate of drug-likeness (QED) is 0.627. The fourth-order valence-electron chi connectivity index (χ4n) is 1.48. The first-order valence-electron chi connectivity index (χ1n) is 6.57. The zero-order valence-electron chi connectivity index (χ0n) is 11.8. The van der Waals surface area contributed by atoms with E-state index in [0.717, 1.165) is 11.3 Å². The van der Waals surface area contributed by atoms with Crippen LogP contribution in [0.25, 0.3) is 6.08 Å². The predicted octanol–water partition coefficient (Wildman–Crippen LogP) is 5.02. The molecule has 2 aromatic rings. The van der Waals surface area contributed by atoms with Gasteiger partial charge in [0.05, 0.1) is 6.07 Å². The molecule has 0 heterocycles. The van der Waals surface area contributed by atoms with Crippen LogP contribution >= 0.6 is 0 Å². The van der Waals surface area contributed by atoms with Crippen LogP contribution in [0.1, 0.15) is 5.56 Å². The van der Waals surface area contributed by atoms with Crippen LogP contribution in [0.4, 0.5) is 5.69 Å². The molecule has 0 fully saturated rings. The second-order valence-corrected chi connectivity index (χ2v) is 3.97. The number of hydrogen-bond acceptors (Lipinski definition) is 2. The van der Waals surface area contributed by atoms with Gasteiger partial charge in [-0.15, -0.1) is 0 Å². The summed E-state index contributed by atoms with van der Waals surface area (Å²) in [5, 5.41) is 11.2. The van der Waals surface area contributed by atoms with Crippen molar-refractivity contribution in [1.29, 1.82) is 5.26 Å². The van der Waals surface area contributed by atoms with Gasteiger partial charge in [-0.25, -0.2) is 0 Å². The highest BCUT2D eigenvalue weighted by atomic mass is 14.8. The molecule has 104 valence electrons. The van der Waals surface area contributed by atoms with Crippen LogP contribution in [0.5, 0.6) is 0 Å². The summed E-state index contributed by atoms with van der Waals surface area (Å²) in [6, 6.07) is 21.8. The van der Waals surface area contributed by atoms with Crippen LogP contribution < -0.4 is 5.32 Å². The van der Waals surface area contributed by atoms with Gasteiger partial charge in [-0.1, -0.05) is 73.3 Å². The number of hydrogen-bond donors (Lipinski definition) is 1. The van der Waals surface area contributed by atoms with E-state index in [0.29, 0.717) is 0 Å². The molecule has 0 aromatic heterocycles. The maximum atomic E-state index is 8.19. The fraction of sp³-hybridized carbons (Fsp3) is 0. The molecule has 2 rings (SSSR count). The van der Waals surface area contributed by atoms with Crippen molar-refractivity contribution in [2.75, 3.05) is 5.32 Å². The van der Waals surface area contributed by atoms with E-state index in [2.05, 4.69) is 11.9 Å². The Morgan fingerprint density at radius 2 is 1.52 bits per heavy atom. The van der Waals surface area contributed by atoms with Gasteiger partial charge in [-0.3, -0.25) is 0 Å². The normalized spacial score (nSPS) is 9.67. The summed E-state index contributed by atoms with van der Waals surface area (Å²) in [5.74, 6) is 0. The van der Waals surface area contributed by atoms with Crippen LogP contribution in [-0.2, 0) is 0 Å². The number of allylic oxidation sites excluding steroid dienone is 3. The molecule has 0 bridgehead atoms. The average Bonchev–Trinajstić information content (AvgIpc) is 2.55. The van der Waals surface area contributed by atoms with E-state index in [-0.39, 0.29) is 0 Å². The highest BCUT2D eigenvalue weighted by Crippen LogP contribution is 2.03. The average molecular weight is 274 g/mol. The van der Waals surface area contributed by atoms with Crippen molar-refractivity contribution in [2.45, 2.75) is 0 Å². The highest BCUT2D eigenvalue weighted by Gasteiger charge is 1.80. The lowest BCUT2D eigenvalue weighted by molar-refractivity contribution is 1.53. The van der Waals surface area contributed by atoms with Gasteiger partial charge in [0, 0.05) is 11.8 Å². The van der Waals surface area contributed by atoms with E-state index in [4.69, 9.17) is 5.26 Å². The van der Waals surface area contributed by atoms with Crippen molar-refractivity contribution < 1.29 is 0 Å². The lowest BCUT2D eigenvalue weighted by atomic mass is 10.2. The van der Waals surface area contributed by atoms with Gasteiger partial charge in [0.25, 0.3) is 0 Å². The van der Waals surface area contributed by atoms with E-state index in [1.807, 2.05) is 78.9 Å². The number of nitrogens with one attached hydrogen (secondary N) is 1. The number of benzene rings is 2. The Morgan fingerprint density at radius 1 is 0.905 bits per heavy atom. The summed E-state index contributed by atoms with van der Waals surface area (Å²) in [7, 11) is 0. The Bertz CT molecular complexity index is 605. The summed E-state index contributed by atoms with van der Waals surface area (Å²) in [6.07, 6.45) is 8.62. The van der Waals surface area contributed by atoms with Gasteiger partial charge in [-0.05, 0) is 23.9 Å². The van der Waals surface area contributed by atoms with E-state index in [9.17, 15) is 0 Å². The third-order valence-corrected chi connectivity index (χ3v) is 2.41. The van der Waals surface area contributed by atoms with Crippen LogP contribution in [-0.4, -0.2) is 0 Å². The van der Waals surface area contributed by atoms with Crippen molar-refractivity contribution in [3.05, 3.63) is 97.2 Å². The molecular formula is C19H18N2. The zero-order chi connectivity index (χ0) is 15.2. The number of anilines is 1. The maximum Gasteiger partial charge on any atom is 0.0912 e. The second kappa shape index (κ2) is 10.8. The van der Waals surface area contributed by atoms with Gasteiger partial charge < -0.3 is 5.32 Å². The van der Waals surface area contributed by atoms with Crippen molar-refractivity contribution in [1.82, 2.24) is 0 Å². The number of para-hydroxylation sites is 1. The summed E-state index contributed by atoms with van der Waals surface area (Å²) >= 11 is 0. The standard InChI is InChI=1S/C11H9N.C8H9N/c12-10-6-2-5-9-11-7-3-1-4-8-11;1-2-9-8-6-4-3-5-7-8/h1-9H;2-7,9H,1H2. The fourth-order valence-corrected chi connectivity index (χ4v) is 1.48. The smallest absolute Gasteiger partial charge is 0.0912 e. The zero-order valence-corrected chi connectivity index (χ0v) is 11.8. The third-order valence-electron chi connectivity index (χ3n) is 2.41. The topological polar surface area (TPSA) is 35.8 Å². The van der Waals surface area contributed by atoms with Crippen molar-refractivity contribution in [3.63, 3.8) is 0 Å². The van der Waals surface area contributed by atoms with E-state index in [1.165, 1.54) is 6.08 Å². The molecule has 2 nitrogen and oxygen atoms in total. The van der Waals surface area contributed by atoms with Crippen molar-refractivity contribution in [3.8, 4) is 6.07 Å². The number of nitrogens with zero attached hydrogens (tertiary/aromatic N) is 1. The SMILES string of the molecule is C=CNc1ccccc1.N#CC=CC=Cc1ccccc1.